The van der Waals surface area contributed by atoms with Crippen LogP contribution in [-0.4, -0.2) is 44.9 Å². The largest absolute Gasteiger partial charge is 0.489 e. The second-order valence-corrected chi connectivity index (χ2v) is 5.91. The van der Waals surface area contributed by atoms with Gasteiger partial charge in [-0.05, 0) is 37.8 Å². The van der Waals surface area contributed by atoms with Crippen LogP contribution in [0, 0.1) is 5.82 Å². The number of aliphatic imine (C=N–C) groups is 1. The van der Waals surface area contributed by atoms with Gasteiger partial charge in [-0.15, -0.1) is 0 Å². The molecule has 5 nitrogen and oxygen atoms in total. The van der Waals surface area contributed by atoms with Gasteiger partial charge in [0.1, 0.15) is 17.7 Å². The van der Waals surface area contributed by atoms with Crippen LogP contribution in [0.15, 0.2) is 29.3 Å². The number of ether oxygens (including phenoxy) is 2. The van der Waals surface area contributed by atoms with Crippen LogP contribution in [0.1, 0.15) is 32.6 Å². The van der Waals surface area contributed by atoms with Crippen LogP contribution in [0.3, 0.4) is 0 Å². The maximum absolute atomic E-state index is 13.2. The van der Waals surface area contributed by atoms with Gasteiger partial charge in [-0.1, -0.05) is 13.0 Å². The molecule has 2 N–H and O–H groups in total. The zero-order valence-corrected chi connectivity index (χ0v) is 14.6. The Morgan fingerprint density at radius 3 is 3.00 bits per heavy atom. The average molecular weight is 337 g/mol. The normalized spacial score (nSPS) is 19.1. The Morgan fingerprint density at radius 1 is 1.46 bits per heavy atom. The molecule has 134 valence electrons. The van der Waals surface area contributed by atoms with E-state index in [1.807, 2.05) is 6.92 Å². The van der Waals surface area contributed by atoms with Crippen molar-refractivity contribution in [2.75, 3.05) is 26.7 Å². The van der Waals surface area contributed by atoms with E-state index >= 15 is 0 Å². The third kappa shape index (κ3) is 6.35. The Balaban J connectivity index is 1.71. The number of hydrogen-bond acceptors (Lipinski definition) is 3. The molecule has 0 amide bonds. The van der Waals surface area contributed by atoms with Gasteiger partial charge < -0.3 is 20.1 Å². The summed E-state index contributed by atoms with van der Waals surface area (Å²) in [6, 6.07) is 6.22. The zero-order chi connectivity index (χ0) is 17.2. The topological polar surface area (TPSA) is 54.9 Å². The van der Waals surface area contributed by atoms with Crippen molar-refractivity contribution in [1.29, 1.82) is 0 Å². The summed E-state index contributed by atoms with van der Waals surface area (Å²) in [6.07, 6.45) is 4.42. The molecule has 1 aliphatic heterocycles. The molecular weight excluding hydrogens is 309 g/mol. The molecule has 0 aromatic heterocycles. The lowest BCUT2D eigenvalue weighted by atomic mass is 10.2. The number of guanidine groups is 1. The fraction of sp³-hybridized carbons (Fsp3) is 0.611. The van der Waals surface area contributed by atoms with Crippen molar-refractivity contribution in [2.45, 2.75) is 44.8 Å². The lowest BCUT2D eigenvalue weighted by Crippen LogP contribution is -2.43. The molecule has 2 rings (SSSR count). The van der Waals surface area contributed by atoms with Gasteiger partial charge in [-0.3, -0.25) is 4.99 Å². The van der Waals surface area contributed by atoms with Gasteiger partial charge in [-0.2, -0.15) is 0 Å². The molecule has 0 saturated carbocycles. The summed E-state index contributed by atoms with van der Waals surface area (Å²) in [7, 11) is 1.75. The number of nitrogens with one attached hydrogen (secondary N) is 2. The summed E-state index contributed by atoms with van der Waals surface area (Å²) < 4.78 is 24.7. The van der Waals surface area contributed by atoms with Gasteiger partial charge >= 0.3 is 0 Å². The number of benzene rings is 1. The van der Waals surface area contributed by atoms with Crippen molar-refractivity contribution in [1.82, 2.24) is 10.6 Å². The summed E-state index contributed by atoms with van der Waals surface area (Å²) in [4.78, 5) is 4.22. The van der Waals surface area contributed by atoms with Gasteiger partial charge in [0.25, 0.3) is 0 Å². The zero-order valence-electron chi connectivity index (χ0n) is 14.6. The van der Waals surface area contributed by atoms with Gasteiger partial charge in [0, 0.05) is 26.3 Å². The molecule has 1 fully saturated rings. The van der Waals surface area contributed by atoms with E-state index in [1.165, 1.54) is 12.1 Å². The second-order valence-electron chi connectivity index (χ2n) is 5.91. The molecule has 6 heteroatoms. The Hall–Kier alpha value is -1.82. The SMILES string of the molecule is CCC(CNC(=NC)NCCC1CCCO1)Oc1cccc(F)c1. The minimum absolute atomic E-state index is 0.0523. The Kier molecular flexibility index (Phi) is 7.82. The highest BCUT2D eigenvalue weighted by Crippen LogP contribution is 2.15. The molecule has 1 saturated heterocycles. The van der Waals surface area contributed by atoms with Gasteiger partial charge in [0.05, 0.1) is 12.6 Å². The van der Waals surface area contributed by atoms with Crippen molar-refractivity contribution >= 4 is 5.96 Å². The van der Waals surface area contributed by atoms with Crippen molar-refractivity contribution in [3.63, 3.8) is 0 Å². The summed E-state index contributed by atoms with van der Waals surface area (Å²) in [5, 5.41) is 6.55. The molecule has 2 unspecified atom stereocenters. The lowest BCUT2D eigenvalue weighted by molar-refractivity contribution is 0.105. The number of nitrogens with zero attached hydrogens (tertiary/aromatic N) is 1. The molecule has 1 aromatic carbocycles. The molecule has 1 heterocycles. The molecule has 0 bridgehead atoms. The van der Waals surface area contributed by atoms with E-state index in [9.17, 15) is 4.39 Å². The Labute approximate surface area is 143 Å². The van der Waals surface area contributed by atoms with Gasteiger partial charge in [-0.25, -0.2) is 4.39 Å². The van der Waals surface area contributed by atoms with E-state index in [-0.39, 0.29) is 11.9 Å². The minimum atomic E-state index is -0.290. The molecule has 24 heavy (non-hydrogen) atoms. The number of rotatable bonds is 8. The smallest absolute Gasteiger partial charge is 0.191 e. The fourth-order valence-corrected chi connectivity index (χ4v) is 2.66. The molecule has 0 spiro atoms. The van der Waals surface area contributed by atoms with Crippen molar-refractivity contribution < 1.29 is 13.9 Å². The summed E-state index contributed by atoms with van der Waals surface area (Å²) in [6.45, 7) is 4.35. The van der Waals surface area contributed by atoms with Crippen LogP contribution in [-0.2, 0) is 4.74 Å². The number of halogens is 1. The van der Waals surface area contributed by atoms with Crippen LogP contribution < -0.4 is 15.4 Å². The molecular formula is C18H28FN3O2. The highest BCUT2D eigenvalue weighted by molar-refractivity contribution is 5.79. The first kappa shape index (κ1) is 18.5. The molecule has 1 aliphatic rings. The fourth-order valence-electron chi connectivity index (χ4n) is 2.66. The second kappa shape index (κ2) is 10.1. The first-order valence-corrected chi connectivity index (χ1v) is 8.69. The quantitative estimate of drug-likeness (QED) is 0.566. The maximum Gasteiger partial charge on any atom is 0.191 e. The van der Waals surface area contributed by atoms with Crippen LogP contribution >= 0.6 is 0 Å². The lowest BCUT2D eigenvalue weighted by Gasteiger charge is -2.20. The third-order valence-electron chi connectivity index (χ3n) is 4.06. The summed E-state index contributed by atoms with van der Waals surface area (Å²) >= 11 is 0. The standard InChI is InChI=1S/C18H28FN3O2/c1-3-15(24-17-7-4-6-14(19)12-17)13-22-18(20-2)21-10-9-16-8-5-11-23-16/h4,6-7,12,15-16H,3,5,8-11,13H2,1-2H3,(H2,20,21,22). The van der Waals surface area contributed by atoms with E-state index in [0.29, 0.717) is 18.4 Å². The van der Waals surface area contributed by atoms with Crippen LogP contribution in [0.5, 0.6) is 5.75 Å². The van der Waals surface area contributed by atoms with E-state index in [1.54, 1.807) is 19.2 Å². The van der Waals surface area contributed by atoms with E-state index in [0.717, 1.165) is 44.8 Å². The Morgan fingerprint density at radius 2 is 2.33 bits per heavy atom. The maximum atomic E-state index is 13.2. The van der Waals surface area contributed by atoms with Crippen LogP contribution in [0.2, 0.25) is 0 Å². The third-order valence-corrected chi connectivity index (χ3v) is 4.06. The van der Waals surface area contributed by atoms with Crippen molar-refractivity contribution in [3.8, 4) is 5.75 Å². The van der Waals surface area contributed by atoms with Gasteiger partial charge in [0.15, 0.2) is 5.96 Å². The van der Waals surface area contributed by atoms with Crippen molar-refractivity contribution in [2.24, 2.45) is 4.99 Å². The van der Waals surface area contributed by atoms with E-state index < -0.39 is 0 Å². The highest BCUT2D eigenvalue weighted by Gasteiger charge is 2.15. The molecule has 0 radical (unpaired) electrons. The minimum Gasteiger partial charge on any atom is -0.489 e. The monoisotopic (exact) mass is 337 g/mol. The predicted molar refractivity (Wildman–Crippen MR) is 94.1 cm³/mol. The van der Waals surface area contributed by atoms with Crippen LogP contribution in [0.25, 0.3) is 0 Å². The van der Waals surface area contributed by atoms with Gasteiger partial charge in [0.2, 0.25) is 0 Å². The summed E-state index contributed by atoms with van der Waals surface area (Å²) in [5.41, 5.74) is 0. The van der Waals surface area contributed by atoms with E-state index in [4.69, 9.17) is 9.47 Å². The summed E-state index contributed by atoms with van der Waals surface area (Å²) in [5.74, 6) is 1.00. The highest BCUT2D eigenvalue weighted by atomic mass is 19.1. The molecule has 2 atom stereocenters. The Bertz CT molecular complexity index is 519. The first-order valence-electron chi connectivity index (χ1n) is 8.69. The number of hydrogen-bond donors (Lipinski definition) is 2. The predicted octanol–water partition coefficient (Wildman–Crippen LogP) is 2.72. The van der Waals surface area contributed by atoms with Crippen LogP contribution in [0.4, 0.5) is 4.39 Å². The molecule has 0 aliphatic carbocycles. The van der Waals surface area contributed by atoms with E-state index in [2.05, 4.69) is 15.6 Å². The first-order chi connectivity index (χ1) is 11.7. The molecule has 1 aromatic rings. The van der Waals surface area contributed by atoms with Crippen molar-refractivity contribution in [3.05, 3.63) is 30.1 Å². The average Bonchev–Trinajstić information content (AvgIpc) is 3.10.